The monoisotopic (exact) mass is 344 g/mol. The van der Waals surface area contributed by atoms with Crippen molar-refractivity contribution < 1.29 is 14.6 Å². The molecule has 2 aromatic rings. The molecule has 1 amide bonds. The lowest BCUT2D eigenvalue weighted by atomic mass is 10.0. The molecule has 0 spiro atoms. The molecular weight excluding hydrogens is 320 g/mol. The Morgan fingerprint density at radius 2 is 2.24 bits per heavy atom. The third-order valence-electron chi connectivity index (χ3n) is 4.33. The van der Waals surface area contributed by atoms with Gasteiger partial charge in [-0.1, -0.05) is 36.8 Å². The highest BCUT2D eigenvalue weighted by atomic mass is 16.5. The van der Waals surface area contributed by atoms with E-state index in [1.165, 1.54) is 0 Å². The van der Waals surface area contributed by atoms with Gasteiger partial charge < -0.3 is 14.7 Å². The van der Waals surface area contributed by atoms with Gasteiger partial charge in [-0.2, -0.15) is 0 Å². The van der Waals surface area contributed by atoms with Crippen LogP contribution in [0.5, 0.6) is 0 Å². The quantitative estimate of drug-likeness (QED) is 0.853. The van der Waals surface area contributed by atoms with E-state index >= 15 is 0 Å². The van der Waals surface area contributed by atoms with Crippen molar-refractivity contribution in [1.82, 2.24) is 19.9 Å². The van der Waals surface area contributed by atoms with Crippen LogP contribution < -0.4 is 0 Å². The number of benzene rings is 1. The fourth-order valence-electron chi connectivity index (χ4n) is 3.11. The Balaban J connectivity index is 1.67. The van der Waals surface area contributed by atoms with E-state index in [1.54, 1.807) is 10.9 Å². The van der Waals surface area contributed by atoms with Gasteiger partial charge in [0.1, 0.15) is 5.69 Å². The van der Waals surface area contributed by atoms with Gasteiger partial charge in [0.2, 0.25) is 0 Å². The average molecular weight is 344 g/mol. The van der Waals surface area contributed by atoms with E-state index in [9.17, 15) is 4.79 Å². The van der Waals surface area contributed by atoms with E-state index in [0.717, 1.165) is 24.0 Å². The summed E-state index contributed by atoms with van der Waals surface area (Å²) >= 11 is 0. The molecule has 1 aromatic heterocycles. The highest BCUT2D eigenvalue weighted by Crippen LogP contribution is 2.17. The Morgan fingerprint density at radius 1 is 1.40 bits per heavy atom. The first-order chi connectivity index (χ1) is 12.2. The molecule has 0 saturated carbocycles. The molecule has 0 aliphatic carbocycles. The third kappa shape index (κ3) is 4.24. The summed E-state index contributed by atoms with van der Waals surface area (Å²) in [6.07, 6.45) is 3.47. The van der Waals surface area contributed by atoms with Crippen molar-refractivity contribution in [1.29, 1.82) is 0 Å². The minimum Gasteiger partial charge on any atom is -0.390 e. The Morgan fingerprint density at radius 3 is 3.00 bits per heavy atom. The number of aliphatic hydroxyl groups is 1. The van der Waals surface area contributed by atoms with Crippen LogP contribution >= 0.6 is 0 Å². The standard InChI is InChI=1S/C18H24N4O3/c1-2-5-14-6-3-4-7-17(14)18(24)21-8-9-25-16(11-21)12-22-10-15(13-23)19-20-22/h3-4,6-7,10,16,23H,2,5,8-9,11-13H2,1H3. The Labute approximate surface area is 147 Å². The molecule has 1 N–H and O–H groups in total. The second-order valence-electron chi connectivity index (χ2n) is 6.24. The van der Waals surface area contributed by atoms with Gasteiger partial charge in [0, 0.05) is 18.7 Å². The Hall–Kier alpha value is -2.25. The summed E-state index contributed by atoms with van der Waals surface area (Å²) in [6.45, 7) is 4.11. The molecule has 7 heteroatoms. The number of morpholine rings is 1. The van der Waals surface area contributed by atoms with Crippen LogP contribution in [0.4, 0.5) is 0 Å². The van der Waals surface area contributed by atoms with Crippen LogP contribution in [0.3, 0.4) is 0 Å². The van der Waals surface area contributed by atoms with E-state index in [-0.39, 0.29) is 18.6 Å². The number of ether oxygens (including phenoxy) is 1. The summed E-state index contributed by atoms with van der Waals surface area (Å²) in [5.41, 5.74) is 2.41. The lowest BCUT2D eigenvalue weighted by Gasteiger charge is -2.33. The minimum atomic E-state index is -0.135. The zero-order valence-electron chi connectivity index (χ0n) is 14.5. The molecular formula is C18H24N4O3. The number of amides is 1. The van der Waals surface area contributed by atoms with Crippen molar-refractivity contribution in [2.75, 3.05) is 19.7 Å². The molecule has 25 heavy (non-hydrogen) atoms. The van der Waals surface area contributed by atoms with Gasteiger partial charge in [-0.25, -0.2) is 4.68 Å². The topological polar surface area (TPSA) is 80.5 Å². The first-order valence-corrected chi connectivity index (χ1v) is 8.70. The summed E-state index contributed by atoms with van der Waals surface area (Å²) < 4.78 is 7.42. The van der Waals surface area contributed by atoms with Gasteiger partial charge in [0.15, 0.2) is 0 Å². The first-order valence-electron chi connectivity index (χ1n) is 8.70. The Kier molecular flexibility index (Phi) is 5.78. The zero-order chi connectivity index (χ0) is 17.6. The largest absolute Gasteiger partial charge is 0.390 e. The number of carbonyl (C=O) groups excluding carboxylic acids is 1. The van der Waals surface area contributed by atoms with Crippen molar-refractivity contribution in [3.63, 3.8) is 0 Å². The summed E-state index contributed by atoms with van der Waals surface area (Å²) in [7, 11) is 0. The number of nitrogens with zero attached hydrogens (tertiary/aromatic N) is 4. The number of hydrogen-bond donors (Lipinski definition) is 1. The van der Waals surface area contributed by atoms with E-state index in [1.807, 2.05) is 29.2 Å². The van der Waals surface area contributed by atoms with Crippen LogP contribution in [0.2, 0.25) is 0 Å². The molecule has 3 rings (SSSR count). The van der Waals surface area contributed by atoms with Crippen LogP contribution in [0, 0.1) is 0 Å². The van der Waals surface area contributed by atoms with Gasteiger partial charge in [-0.05, 0) is 18.1 Å². The van der Waals surface area contributed by atoms with Crippen molar-refractivity contribution in [2.45, 2.75) is 39.0 Å². The first kappa shape index (κ1) is 17.6. The SMILES string of the molecule is CCCc1ccccc1C(=O)N1CCOC(Cn2cc(CO)nn2)C1. The summed E-state index contributed by atoms with van der Waals surface area (Å²) in [5.74, 6) is 0.0620. The number of aromatic nitrogens is 3. The van der Waals surface area contributed by atoms with Crippen molar-refractivity contribution in [3.05, 3.63) is 47.3 Å². The molecule has 1 aromatic carbocycles. The normalized spacial score (nSPS) is 17.7. The Bertz CT molecular complexity index is 716. The zero-order valence-corrected chi connectivity index (χ0v) is 14.5. The second-order valence-corrected chi connectivity index (χ2v) is 6.24. The summed E-state index contributed by atoms with van der Waals surface area (Å²) in [4.78, 5) is 14.8. The molecule has 1 atom stereocenters. The van der Waals surface area contributed by atoms with Crippen molar-refractivity contribution in [3.8, 4) is 0 Å². The molecule has 1 aliphatic rings. The minimum absolute atomic E-state index is 0.0620. The average Bonchev–Trinajstić information content (AvgIpc) is 3.10. The van der Waals surface area contributed by atoms with Gasteiger partial charge in [0.25, 0.3) is 5.91 Å². The lowest BCUT2D eigenvalue weighted by molar-refractivity contribution is -0.0302. The van der Waals surface area contributed by atoms with Crippen LogP contribution in [0.15, 0.2) is 30.5 Å². The molecule has 7 nitrogen and oxygen atoms in total. The predicted molar refractivity (Wildman–Crippen MR) is 92.0 cm³/mol. The van der Waals surface area contributed by atoms with Crippen molar-refractivity contribution >= 4 is 5.91 Å². The number of aryl methyl sites for hydroxylation is 1. The summed E-state index contributed by atoms with van der Waals surface area (Å²) in [6, 6.07) is 7.83. The van der Waals surface area contributed by atoms with Gasteiger partial charge in [0.05, 0.1) is 32.1 Å². The lowest BCUT2D eigenvalue weighted by Crippen LogP contribution is -2.47. The van der Waals surface area contributed by atoms with Gasteiger partial charge in [-0.3, -0.25) is 4.79 Å². The van der Waals surface area contributed by atoms with Gasteiger partial charge >= 0.3 is 0 Å². The van der Waals surface area contributed by atoms with Crippen LogP contribution in [0.1, 0.15) is 35.0 Å². The fraction of sp³-hybridized carbons (Fsp3) is 0.500. The molecule has 134 valence electrons. The van der Waals surface area contributed by atoms with E-state index < -0.39 is 0 Å². The highest BCUT2D eigenvalue weighted by Gasteiger charge is 2.26. The van der Waals surface area contributed by atoms with Crippen LogP contribution in [0.25, 0.3) is 0 Å². The number of aliphatic hydroxyl groups excluding tert-OH is 1. The van der Waals surface area contributed by atoms with E-state index in [0.29, 0.717) is 31.9 Å². The number of carbonyl (C=O) groups is 1. The maximum absolute atomic E-state index is 12.9. The fourth-order valence-corrected chi connectivity index (χ4v) is 3.11. The molecule has 1 fully saturated rings. The molecule has 1 saturated heterocycles. The van der Waals surface area contributed by atoms with Crippen molar-refractivity contribution in [2.24, 2.45) is 0 Å². The molecule has 0 bridgehead atoms. The predicted octanol–water partition coefficient (Wildman–Crippen LogP) is 1.26. The molecule has 0 radical (unpaired) electrons. The number of hydrogen-bond acceptors (Lipinski definition) is 5. The van der Waals surface area contributed by atoms with Crippen LogP contribution in [-0.4, -0.2) is 56.7 Å². The highest BCUT2D eigenvalue weighted by molar-refractivity contribution is 5.95. The molecule has 2 heterocycles. The number of rotatable bonds is 6. The summed E-state index contributed by atoms with van der Waals surface area (Å²) in [5, 5.41) is 16.9. The molecule has 1 unspecified atom stereocenters. The van der Waals surface area contributed by atoms with Crippen LogP contribution in [-0.2, 0) is 24.3 Å². The third-order valence-corrected chi connectivity index (χ3v) is 4.33. The maximum Gasteiger partial charge on any atom is 0.254 e. The van der Waals surface area contributed by atoms with Gasteiger partial charge in [-0.15, -0.1) is 5.10 Å². The van der Waals surface area contributed by atoms with E-state index in [4.69, 9.17) is 9.84 Å². The maximum atomic E-state index is 12.9. The van der Waals surface area contributed by atoms with E-state index in [2.05, 4.69) is 17.2 Å². The molecule has 1 aliphatic heterocycles. The second kappa shape index (κ2) is 8.22. The smallest absolute Gasteiger partial charge is 0.254 e.